The molecule has 1 aromatic rings. The lowest BCUT2D eigenvalue weighted by Gasteiger charge is -2.16. The van der Waals surface area contributed by atoms with Crippen LogP contribution in [0.2, 0.25) is 0 Å². The summed E-state index contributed by atoms with van der Waals surface area (Å²) in [6.45, 7) is 1.79. The normalized spacial score (nSPS) is 15.3. The standard InChI is InChI=1S/C10H14O3/c1-2-9(12)10(13)7-4-3-5-8(11)6-7/h3-6,9-13H,2H2,1H3/t9-,10-/m0/s1. The first kappa shape index (κ1) is 10.0. The van der Waals surface area contributed by atoms with Gasteiger partial charge in [0.25, 0.3) is 0 Å². The van der Waals surface area contributed by atoms with E-state index in [4.69, 9.17) is 5.11 Å². The molecule has 0 bridgehead atoms. The average Bonchev–Trinajstić information content (AvgIpc) is 2.15. The second-order valence-corrected chi connectivity index (χ2v) is 3.02. The fraction of sp³-hybridized carbons (Fsp3) is 0.400. The maximum atomic E-state index is 9.55. The van der Waals surface area contributed by atoms with Gasteiger partial charge in [-0.1, -0.05) is 19.1 Å². The number of benzene rings is 1. The van der Waals surface area contributed by atoms with Gasteiger partial charge in [-0.05, 0) is 24.1 Å². The third-order valence-electron chi connectivity index (χ3n) is 1.99. The van der Waals surface area contributed by atoms with Gasteiger partial charge in [-0.15, -0.1) is 0 Å². The van der Waals surface area contributed by atoms with Crippen molar-refractivity contribution in [3.8, 4) is 5.75 Å². The summed E-state index contributed by atoms with van der Waals surface area (Å²) in [5.41, 5.74) is 0.536. The smallest absolute Gasteiger partial charge is 0.115 e. The van der Waals surface area contributed by atoms with E-state index in [1.54, 1.807) is 19.1 Å². The summed E-state index contributed by atoms with van der Waals surface area (Å²) >= 11 is 0. The minimum absolute atomic E-state index is 0.0971. The monoisotopic (exact) mass is 182 g/mol. The first-order chi connectivity index (χ1) is 6.15. The molecule has 0 heterocycles. The summed E-state index contributed by atoms with van der Waals surface area (Å²) in [4.78, 5) is 0. The van der Waals surface area contributed by atoms with Crippen LogP contribution in [-0.4, -0.2) is 21.4 Å². The van der Waals surface area contributed by atoms with Gasteiger partial charge in [0.2, 0.25) is 0 Å². The van der Waals surface area contributed by atoms with Crippen LogP contribution in [0.4, 0.5) is 0 Å². The molecule has 0 fully saturated rings. The molecular weight excluding hydrogens is 168 g/mol. The third-order valence-corrected chi connectivity index (χ3v) is 1.99. The summed E-state index contributed by atoms with van der Waals surface area (Å²) in [6, 6.07) is 6.28. The van der Waals surface area contributed by atoms with Gasteiger partial charge in [0.05, 0.1) is 6.10 Å². The predicted octanol–water partition coefficient (Wildman–Crippen LogP) is 1.20. The van der Waals surface area contributed by atoms with E-state index in [-0.39, 0.29) is 5.75 Å². The highest BCUT2D eigenvalue weighted by molar-refractivity contribution is 5.28. The number of hydrogen-bond donors (Lipinski definition) is 3. The predicted molar refractivity (Wildman–Crippen MR) is 49.4 cm³/mol. The van der Waals surface area contributed by atoms with Crippen molar-refractivity contribution in [3.63, 3.8) is 0 Å². The van der Waals surface area contributed by atoms with Crippen LogP contribution in [0.1, 0.15) is 25.0 Å². The van der Waals surface area contributed by atoms with Crippen molar-refractivity contribution in [1.82, 2.24) is 0 Å². The van der Waals surface area contributed by atoms with E-state index in [0.29, 0.717) is 12.0 Å². The molecule has 72 valence electrons. The molecule has 0 aromatic heterocycles. The molecule has 0 aliphatic carbocycles. The van der Waals surface area contributed by atoms with Crippen LogP contribution in [0.5, 0.6) is 5.75 Å². The van der Waals surface area contributed by atoms with E-state index in [2.05, 4.69) is 0 Å². The number of aliphatic hydroxyl groups excluding tert-OH is 2. The van der Waals surface area contributed by atoms with Crippen LogP contribution >= 0.6 is 0 Å². The second kappa shape index (κ2) is 4.25. The lowest BCUT2D eigenvalue weighted by atomic mass is 10.0. The lowest BCUT2D eigenvalue weighted by molar-refractivity contribution is 0.0164. The zero-order chi connectivity index (χ0) is 9.84. The molecular formula is C10H14O3. The van der Waals surface area contributed by atoms with Crippen molar-refractivity contribution in [2.24, 2.45) is 0 Å². The number of aromatic hydroxyl groups is 1. The topological polar surface area (TPSA) is 60.7 Å². The number of aliphatic hydroxyl groups is 2. The van der Waals surface area contributed by atoms with Gasteiger partial charge in [-0.25, -0.2) is 0 Å². The Labute approximate surface area is 77.3 Å². The molecule has 0 saturated heterocycles. The molecule has 0 radical (unpaired) electrons. The van der Waals surface area contributed by atoms with Gasteiger partial charge in [-0.3, -0.25) is 0 Å². The summed E-state index contributed by atoms with van der Waals surface area (Å²) in [5, 5.41) is 28.0. The van der Waals surface area contributed by atoms with Crippen molar-refractivity contribution >= 4 is 0 Å². The zero-order valence-corrected chi connectivity index (χ0v) is 7.51. The summed E-state index contributed by atoms with van der Waals surface area (Å²) in [7, 11) is 0. The Morgan fingerprint density at radius 3 is 2.54 bits per heavy atom. The van der Waals surface area contributed by atoms with Crippen molar-refractivity contribution in [3.05, 3.63) is 29.8 Å². The van der Waals surface area contributed by atoms with E-state index in [1.165, 1.54) is 12.1 Å². The Hall–Kier alpha value is -1.06. The van der Waals surface area contributed by atoms with E-state index >= 15 is 0 Å². The highest BCUT2D eigenvalue weighted by Crippen LogP contribution is 2.21. The van der Waals surface area contributed by atoms with Crippen molar-refractivity contribution in [1.29, 1.82) is 0 Å². The third kappa shape index (κ3) is 2.44. The van der Waals surface area contributed by atoms with Gasteiger partial charge >= 0.3 is 0 Å². The average molecular weight is 182 g/mol. The van der Waals surface area contributed by atoms with Gasteiger partial charge in [0, 0.05) is 0 Å². The first-order valence-electron chi connectivity index (χ1n) is 4.30. The molecule has 1 rings (SSSR count). The van der Waals surface area contributed by atoms with Crippen LogP contribution in [0.25, 0.3) is 0 Å². The first-order valence-corrected chi connectivity index (χ1v) is 4.30. The van der Waals surface area contributed by atoms with Crippen molar-refractivity contribution < 1.29 is 15.3 Å². The van der Waals surface area contributed by atoms with Gasteiger partial charge in [0.15, 0.2) is 0 Å². The van der Waals surface area contributed by atoms with Gasteiger partial charge in [0.1, 0.15) is 11.9 Å². The highest BCUT2D eigenvalue weighted by atomic mass is 16.3. The maximum absolute atomic E-state index is 9.55. The Morgan fingerprint density at radius 2 is 2.00 bits per heavy atom. The highest BCUT2D eigenvalue weighted by Gasteiger charge is 2.16. The summed E-state index contributed by atoms with van der Waals surface area (Å²) < 4.78 is 0. The molecule has 0 amide bonds. The zero-order valence-electron chi connectivity index (χ0n) is 7.51. The van der Waals surface area contributed by atoms with E-state index in [1.807, 2.05) is 0 Å². The van der Waals surface area contributed by atoms with Crippen LogP contribution in [0.15, 0.2) is 24.3 Å². The number of phenolic OH excluding ortho intramolecular Hbond substituents is 1. The second-order valence-electron chi connectivity index (χ2n) is 3.02. The molecule has 0 spiro atoms. The molecule has 0 aliphatic heterocycles. The lowest BCUT2D eigenvalue weighted by Crippen LogP contribution is -2.16. The molecule has 3 nitrogen and oxygen atoms in total. The summed E-state index contributed by atoms with van der Waals surface area (Å²) in [6.07, 6.45) is -1.21. The minimum Gasteiger partial charge on any atom is -0.508 e. The van der Waals surface area contributed by atoms with Crippen LogP contribution < -0.4 is 0 Å². The van der Waals surface area contributed by atoms with E-state index in [0.717, 1.165) is 0 Å². The van der Waals surface area contributed by atoms with E-state index in [9.17, 15) is 10.2 Å². The number of phenols is 1. The van der Waals surface area contributed by atoms with Gasteiger partial charge in [-0.2, -0.15) is 0 Å². The van der Waals surface area contributed by atoms with Crippen molar-refractivity contribution in [2.45, 2.75) is 25.6 Å². The number of hydrogen-bond acceptors (Lipinski definition) is 3. The van der Waals surface area contributed by atoms with E-state index < -0.39 is 12.2 Å². The molecule has 1 aromatic carbocycles. The maximum Gasteiger partial charge on any atom is 0.115 e. The van der Waals surface area contributed by atoms with Crippen molar-refractivity contribution in [2.75, 3.05) is 0 Å². The fourth-order valence-corrected chi connectivity index (χ4v) is 1.15. The fourth-order valence-electron chi connectivity index (χ4n) is 1.15. The Kier molecular flexibility index (Phi) is 3.28. The molecule has 0 saturated carbocycles. The molecule has 2 atom stereocenters. The quantitative estimate of drug-likeness (QED) is 0.658. The number of rotatable bonds is 3. The Morgan fingerprint density at radius 1 is 1.31 bits per heavy atom. The summed E-state index contributed by atoms with van der Waals surface area (Å²) in [5.74, 6) is 0.0971. The Balaban J connectivity index is 2.82. The largest absolute Gasteiger partial charge is 0.508 e. The molecule has 3 heteroatoms. The van der Waals surface area contributed by atoms with Crippen LogP contribution in [-0.2, 0) is 0 Å². The molecule has 13 heavy (non-hydrogen) atoms. The van der Waals surface area contributed by atoms with Gasteiger partial charge < -0.3 is 15.3 Å². The minimum atomic E-state index is -0.919. The molecule has 0 unspecified atom stereocenters. The van der Waals surface area contributed by atoms with Crippen LogP contribution in [0, 0.1) is 0 Å². The molecule has 3 N–H and O–H groups in total. The van der Waals surface area contributed by atoms with Crippen LogP contribution in [0.3, 0.4) is 0 Å². The molecule has 0 aliphatic rings. The Bertz CT molecular complexity index is 273. The SMILES string of the molecule is CC[C@H](O)[C@@H](O)c1cccc(O)c1.